The van der Waals surface area contributed by atoms with Crippen LogP contribution in [0.5, 0.6) is 5.75 Å². The lowest BCUT2D eigenvalue weighted by Gasteiger charge is -2.04. The molecule has 1 heterocycles. The number of hydrogen-bond acceptors (Lipinski definition) is 3. The first-order valence-electron chi connectivity index (χ1n) is 6.63. The van der Waals surface area contributed by atoms with Crippen LogP contribution in [-0.2, 0) is 17.6 Å². The highest BCUT2D eigenvalue weighted by Gasteiger charge is 2.12. The fourth-order valence-corrected chi connectivity index (χ4v) is 2.89. The molecule has 1 aromatic rings. The van der Waals surface area contributed by atoms with E-state index in [1.54, 1.807) is 11.8 Å². The van der Waals surface area contributed by atoms with Gasteiger partial charge in [-0.3, -0.25) is 4.79 Å². The summed E-state index contributed by atoms with van der Waals surface area (Å²) in [5.74, 6) is 3.14. The Labute approximate surface area is 113 Å². The van der Waals surface area contributed by atoms with E-state index in [9.17, 15) is 4.79 Å². The van der Waals surface area contributed by atoms with Gasteiger partial charge >= 0.3 is 0 Å². The van der Waals surface area contributed by atoms with E-state index in [1.165, 1.54) is 11.1 Å². The molecule has 0 amide bonds. The molecule has 0 radical (unpaired) electrons. The Balaban J connectivity index is 1.78. The molecular formula is C15H20O2S. The SMILES string of the molecule is CCCSCC(=O)CCc1ccc2c(c1)CCO2. The number of hydrogen-bond donors (Lipinski definition) is 0. The standard InChI is InChI=1S/C15H20O2S/c1-2-9-18-11-14(16)5-3-12-4-6-15-13(10-12)7-8-17-15/h4,6,10H,2-3,5,7-9,11H2,1H3. The molecule has 0 saturated carbocycles. The number of Topliss-reactive ketones (excluding diaryl/α,β-unsaturated/α-hetero) is 1. The van der Waals surface area contributed by atoms with Crippen molar-refractivity contribution in [1.29, 1.82) is 0 Å². The van der Waals surface area contributed by atoms with Crippen molar-refractivity contribution in [2.24, 2.45) is 0 Å². The van der Waals surface area contributed by atoms with Gasteiger partial charge in [-0.1, -0.05) is 19.1 Å². The van der Waals surface area contributed by atoms with Crippen LogP contribution < -0.4 is 4.74 Å². The van der Waals surface area contributed by atoms with E-state index >= 15 is 0 Å². The van der Waals surface area contributed by atoms with E-state index in [1.807, 2.05) is 6.07 Å². The minimum Gasteiger partial charge on any atom is -0.493 e. The molecule has 0 spiro atoms. The molecule has 0 aliphatic carbocycles. The number of ketones is 1. The van der Waals surface area contributed by atoms with Crippen LogP contribution in [0.15, 0.2) is 18.2 Å². The zero-order valence-corrected chi connectivity index (χ0v) is 11.7. The van der Waals surface area contributed by atoms with Crippen LogP contribution in [0.4, 0.5) is 0 Å². The van der Waals surface area contributed by atoms with Gasteiger partial charge in [0.05, 0.1) is 12.4 Å². The van der Waals surface area contributed by atoms with Crippen LogP contribution in [0.3, 0.4) is 0 Å². The lowest BCUT2D eigenvalue weighted by molar-refractivity contribution is -0.116. The average molecular weight is 264 g/mol. The van der Waals surface area contributed by atoms with E-state index in [4.69, 9.17) is 4.74 Å². The molecule has 1 aliphatic rings. The summed E-state index contributed by atoms with van der Waals surface area (Å²) in [4.78, 5) is 11.7. The van der Waals surface area contributed by atoms with Gasteiger partial charge in [-0.15, -0.1) is 0 Å². The fourth-order valence-electron chi connectivity index (χ4n) is 2.08. The number of fused-ring (bicyclic) bond motifs is 1. The zero-order chi connectivity index (χ0) is 12.8. The van der Waals surface area contributed by atoms with Crippen molar-refractivity contribution < 1.29 is 9.53 Å². The Morgan fingerprint density at radius 1 is 1.44 bits per heavy atom. The van der Waals surface area contributed by atoms with Gasteiger partial charge in [-0.05, 0) is 35.8 Å². The highest BCUT2D eigenvalue weighted by Crippen LogP contribution is 2.26. The fraction of sp³-hybridized carbons (Fsp3) is 0.533. The third-order valence-electron chi connectivity index (χ3n) is 3.06. The van der Waals surface area contributed by atoms with Crippen LogP contribution >= 0.6 is 11.8 Å². The lowest BCUT2D eigenvalue weighted by atomic mass is 10.0. The largest absolute Gasteiger partial charge is 0.493 e. The Kier molecular flexibility index (Phi) is 5.12. The van der Waals surface area contributed by atoms with Gasteiger partial charge in [0.25, 0.3) is 0 Å². The van der Waals surface area contributed by atoms with Crippen molar-refractivity contribution in [3.63, 3.8) is 0 Å². The first-order valence-corrected chi connectivity index (χ1v) is 7.79. The first kappa shape index (κ1) is 13.5. The number of carbonyl (C=O) groups is 1. The summed E-state index contributed by atoms with van der Waals surface area (Å²) in [6, 6.07) is 6.30. The predicted molar refractivity (Wildman–Crippen MR) is 76.6 cm³/mol. The molecular weight excluding hydrogens is 244 g/mol. The number of carbonyl (C=O) groups excluding carboxylic acids is 1. The Bertz CT molecular complexity index is 415. The van der Waals surface area contributed by atoms with Crippen molar-refractivity contribution >= 4 is 17.5 Å². The molecule has 0 unspecified atom stereocenters. The molecule has 3 heteroatoms. The second-order valence-corrected chi connectivity index (χ2v) is 5.74. The van der Waals surface area contributed by atoms with Crippen LogP contribution in [-0.4, -0.2) is 23.9 Å². The third-order valence-corrected chi connectivity index (χ3v) is 4.28. The predicted octanol–water partition coefficient (Wildman–Crippen LogP) is 3.27. The molecule has 2 nitrogen and oxygen atoms in total. The van der Waals surface area contributed by atoms with Crippen molar-refractivity contribution in [3.8, 4) is 5.75 Å². The molecule has 0 bridgehead atoms. The molecule has 0 fully saturated rings. The summed E-state index contributed by atoms with van der Waals surface area (Å²) >= 11 is 1.75. The number of ether oxygens (including phenoxy) is 1. The molecule has 1 aliphatic heterocycles. The molecule has 0 N–H and O–H groups in total. The number of benzene rings is 1. The van der Waals surface area contributed by atoms with Gasteiger partial charge in [0.1, 0.15) is 11.5 Å². The summed E-state index contributed by atoms with van der Waals surface area (Å²) in [6.45, 7) is 2.94. The molecule has 0 saturated heterocycles. The van der Waals surface area contributed by atoms with Crippen molar-refractivity contribution in [2.75, 3.05) is 18.1 Å². The van der Waals surface area contributed by atoms with E-state index in [0.717, 1.165) is 37.4 Å². The van der Waals surface area contributed by atoms with Crippen LogP contribution in [0, 0.1) is 0 Å². The van der Waals surface area contributed by atoms with Gasteiger partial charge < -0.3 is 4.74 Å². The second-order valence-electron chi connectivity index (χ2n) is 4.63. The van der Waals surface area contributed by atoms with Gasteiger partial charge in [0.15, 0.2) is 0 Å². The molecule has 1 aromatic carbocycles. The van der Waals surface area contributed by atoms with E-state index < -0.39 is 0 Å². The molecule has 0 aromatic heterocycles. The van der Waals surface area contributed by atoms with Crippen molar-refractivity contribution in [3.05, 3.63) is 29.3 Å². The van der Waals surface area contributed by atoms with Gasteiger partial charge in [-0.25, -0.2) is 0 Å². The maximum absolute atomic E-state index is 11.7. The van der Waals surface area contributed by atoms with Crippen molar-refractivity contribution in [2.45, 2.75) is 32.6 Å². The lowest BCUT2D eigenvalue weighted by Crippen LogP contribution is -2.04. The number of aryl methyl sites for hydroxylation is 1. The van der Waals surface area contributed by atoms with Crippen LogP contribution in [0.1, 0.15) is 30.9 Å². The molecule has 98 valence electrons. The quantitative estimate of drug-likeness (QED) is 0.707. The topological polar surface area (TPSA) is 26.3 Å². The minimum atomic E-state index is 0.366. The van der Waals surface area contributed by atoms with Crippen molar-refractivity contribution in [1.82, 2.24) is 0 Å². The normalized spacial score (nSPS) is 13.2. The highest BCUT2D eigenvalue weighted by molar-refractivity contribution is 7.99. The summed E-state index contributed by atoms with van der Waals surface area (Å²) in [6.07, 6.45) is 3.67. The van der Waals surface area contributed by atoms with E-state index in [2.05, 4.69) is 19.1 Å². The maximum Gasteiger partial charge on any atom is 0.143 e. The first-order chi connectivity index (χ1) is 8.79. The monoisotopic (exact) mass is 264 g/mol. The van der Waals surface area contributed by atoms with E-state index in [-0.39, 0.29) is 0 Å². The van der Waals surface area contributed by atoms with Gasteiger partial charge in [0.2, 0.25) is 0 Å². The smallest absolute Gasteiger partial charge is 0.143 e. The van der Waals surface area contributed by atoms with Crippen LogP contribution in [0.2, 0.25) is 0 Å². The zero-order valence-electron chi connectivity index (χ0n) is 10.9. The number of rotatable bonds is 7. The molecule has 0 atom stereocenters. The summed E-state index contributed by atoms with van der Waals surface area (Å²) in [7, 11) is 0. The van der Waals surface area contributed by atoms with Gasteiger partial charge in [-0.2, -0.15) is 11.8 Å². The Morgan fingerprint density at radius 2 is 2.33 bits per heavy atom. The minimum absolute atomic E-state index is 0.366. The number of thioether (sulfide) groups is 1. The van der Waals surface area contributed by atoms with Crippen LogP contribution in [0.25, 0.3) is 0 Å². The Hall–Kier alpha value is -0.960. The Morgan fingerprint density at radius 3 is 3.17 bits per heavy atom. The maximum atomic E-state index is 11.7. The molecule has 2 rings (SSSR count). The third kappa shape index (κ3) is 3.77. The second kappa shape index (κ2) is 6.83. The summed E-state index contributed by atoms with van der Waals surface area (Å²) in [5.41, 5.74) is 2.55. The summed E-state index contributed by atoms with van der Waals surface area (Å²) < 4.78 is 5.47. The average Bonchev–Trinajstić information content (AvgIpc) is 2.84. The highest BCUT2D eigenvalue weighted by atomic mass is 32.2. The summed E-state index contributed by atoms with van der Waals surface area (Å²) in [5, 5.41) is 0. The molecule has 18 heavy (non-hydrogen) atoms. The van der Waals surface area contributed by atoms with E-state index in [0.29, 0.717) is 18.0 Å². The van der Waals surface area contributed by atoms with Gasteiger partial charge in [0, 0.05) is 12.8 Å².